The van der Waals surface area contributed by atoms with Gasteiger partial charge in [-0.2, -0.15) is 0 Å². The molecule has 30 valence electrons. The summed E-state index contributed by atoms with van der Waals surface area (Å²) in [6.07, 6.45) is 7.97. The number of fused-ring (bicyclic) bond motifs is 1. The SMILES string of the molecule is C1=C[C@@H]2CC2=C1. The second-order valence-corrected chi connectivity index (χ2v) is 1.94. The van der Waals surface area contributed by atoms with Gasteiger partial charge in [-0.3, -0.25) is 0 Å². The second kappa shape index (κ2) is 0.604. The van der Waals surface area contributed by atoms with Crippen LogP contribution >= 0.6 is 0 Å². The highest BCUT2D eigenvalue weighted by molar-refractivity contribution is 5.39. The molecule has 6 heavy (non-hydrogen) atoms. The zero-order valence-electron chi connectivity index (χ0n) is 3.52. The highest BCUT2D eigenvalue weighted by atomic mass is 14.3. The van der Waals surface area contributed by atoms with Crippen molar-refractivity contribution < 1.29 is 0 Å². The Balaban J connectivity index is 2.50. The molecule has 0 N–H and O–H groups in total. The van der Waals surface area contributed by atoms with Crippen molar-refractivity contribution in [2.24, 2.45) is 5.92 Å². The molecule has 1 atom stereocenters. The summed E-state index contributed by atoms with van der Waals surface area (Å²) in [6, 6.07) is 0. The number of rotatable bonds is 0. The summed E-state index contributed by atoms with van der Waals surface area (Å²) < 4.78 is 0. The van der Waals surface area contributed by atoms with Crippen LogP contribution in [-0.4, -0.2) is 0 Å². The Bertz CT molecular complexity index is 129. The Hall–Kier alpha value is -0.520. The third-order valence-corrected chi connectivity index (χ3v) is 1.43. The summed E-state index contributed by atoms with van der Waals surface area (Å²) >= 11 is 0. The Morgan fingerprint density at radius 3 is 2.83 bits per heavy atom. The van der Waals surface area contributed by atoms with Crippen LogP contribution in [0.3, 0.4) is 0 Å². The summed E-state index contributed by atoms with van der Waals surface area (Å²) in [7, 11) is 0. The normalized spacial score (nSPS) is 36.0. The number of hydrogen-bond donors (Lipinski definition) is 0. The topological polar surface area (TPSA) is 0 Å². The van der Waals surface area contributed by atoms with Gasteiger partial charge in [-0.15, -0.1) is 0 Å². The van der Waals surface area contributed by atoms with Crippen molar-refractivity contribution in [1.82, 2.24) is 0 Å². The minimum absolute atomic E-state index is 0.894. The third-order valence-electron chi connectivity index (χ3n) is 1.43. The van der Waals surface area contributed by atoms with Crippen LogP contribution in [-0.2, 0) is 0 Å². The monoisotopic (exact) mass is 78.0 g/mol. The van der Waals surface area contributed by atoms with E-state index >= 15 is 0 Å². The molecule has 0 nitrogen and oxygen atoms in total. The van der Waals surface area contributed by atoms with Crippen LogP contribution in [0.4, 0.5) is 0 Å². The highest BCUT2D eigenvalue weighted by Crippen LogP contribution is 2.42. The quantitative estimate of drug-likeness (QED) is 0.412. The molecule has 0 aromatic heterocycles. The van der Waals surface area contributed by atoms with E-state index in [4.69, 9.17) is 0 Å². The maximum absolute atomic E-state index is 2.26. The van der Waals surface area contributed by atoms with Crippen LogP contribution in [0.2, 0.25) is 0 Å². The summed E-state index contributed by atoms with van der Waals surface area (Å²) in [5.41, 5.74) is 1.63. The molecule has 0 heteroatoms. The standard InChI is InChI=1S/C6H6/c1-2-5-4-6(5)3-1/h1-3,5H,4H2/t5-/m1/s1. The largest absolute Gasteiger partial charge is 0.0770 e. The molecule has 2 aliphatic carbocycles. The fourth-order valence-corrected chi connectivity index (χ4v) is 0.892. The van der Waals surface area contributed by atoms with Crippen molar-refractivity contribution in [3.8, 4) is 0 Å². The average molecular weight is 78.1 g/mol. The van der Waals surface area contributed by atoms with Crippen LogP contribution < -0.4 is 0 Å². The van der Waals surface area contributed by atoms with Crippen LogP contribution in [0.5, 0.6) is 0 Å². The molecule has 0 aromatic carbocycles. The Labute approximate surface area is 37.2 Å². The van der Waals surface area contributed by atoms with E-state index in [1.807, 2.05) is 0 Å². The van der Waals surface area contributed by atoms with Gasteiger partial charge in [-0.25, -0.2) is 0 Å². The molecule has 0 unspecified atom stereocenters. The van der Waals surface area contributed by atoms with Gasteiger partial charge in [0.15, 0.2) is 0 Å². The number of hydrogen-bond acceptors (Lipinski definition) is 0. The molecular formula is C6H6. The lowest BCUT2D eigenvalue weighted by atomic mass is 10.4. The van der Waals surface area contributed by atoms with Crippen molar-refractivity contribution in [3.05, 3.63) is 23.8 Å². The maximum atomic E-state index is 2.26. The Morgan fingerprint density at radius 1 is 1.67 bits per heavy atom. The predicted molar refractivity (Wildman–Crippen MR) is 25.3 cm³/mol. The Kier molecular flexibility index (Phi) is 0.264. The second-order valence-electron chi connectivity index (χ2n) is 1.94. The summed E-state index contributed by atoms with van der Waals surface area (Å²) in [5, 5.41) is 0. The molecule has 2 aliphatic rings. The van der Waals surface area contributed by atoms with Gasteiger partial charge in [-0.1, -0.05) is 23.8 Å². The first kappa shape index (κ1) is 2.62. The molecule has 0 bridgehead atoms. The average Bonchev–Trinajstić information content (AvgIpc) is 2.17. The van der Waals surface area contributed by atoms with Crippen molar-refractivity contribution in [2.75, 3.05) is 0 Å². The fourth-order valence-electron chi connectivity index (χ4n) is 0.892. The van der Waals surface area contributed by atoms with E-state index in [2.05, 4.69) is 18.2 Å². The van der Waals surface area contributed by atoms with Gasteiger partial charge in [0.1, 0.15) is 0 Å². The molecule has 1 fully saturated rings. The summed E-state index contributed by atoms with van der Waals surface area (Å²) in [5.74, 6) is 0.894. The van der Waals surface area contributed by atoms with Crippen LogP contribution in [0.15, 0.2) is 23.8 Å². The molecule has 0 spiro atoms. The first-order valence-electron chi connectivity index (χ1n) is 2.34. The van der Waals surface area contributed by atoms with Crippen LogP contribution in [0.25, 0.3) is 0 Å². The molecule has 0 aromatic rings. The lowest BCUT2D eigenvalue weighted by Gasteiger charge is -1.62. The molecule has 2 rings (SSSR count). The van der Waals surface area contributed by atoms with Gasteiger partial charge in [0.2, 0.25) is 0 Å². The molecule has 0 amide bonds. The molecule has 0 saturated heterocycles. The van der Waals surface area contributed by atoms with E-state index in [-0.39, 0.29) is 0 Å². The van der Waals surface area contributed by atoms with Crippen molar-refractivity contribution >= 4 is 0 Å². The first-order valence-corrected chi connectivity index (χ1v) is 2.34. The summed E-state index contributed by atoms with van der Waals surface area (Å²) in [4.78, 5) is 0. The van der Waals surface area contributed by atoms with E-state index < -0.39 is 0 Å². The van der Waals surface area contributed by atoms with Gasteiger partial charge in [0, 0.05) is 5.92 Å². The first-order chi connectivity index (χ1) is 2.97. The van der Waals surface area contributed by atoms with Crippen LogP contribution in [0, 0.1) is 5.92 Å². The molecule has 0 heterocycles. The smallest absolute Gasteiger partial charge is 0.00208 e. The van der Waals surface area contributed by atoms with E-state index in [0.29, 0.717) is 0 Å². The van der Waals surface area contributed by atoms with Gasteiger partial charge >= 0.3 is 0 Å². The van der Waals surface area contributed by atoms with Crippen molar-refractivity contribution in [3.63, 3.8) is 0 Å². The van der Waals surface area contributed by atoms with Gasteiger partial charge in [-0.05, 0) is 6.42 Å². The molecule has 0 radical (unpaired) electrons. The van der Waals surface area contributed by atoms with E-state index in [1.165, 1.54) is 6.42 Å². The fraction of sp³-hybridized carbons (Fsp3) is 0.333. The summed E-state index contributed by atoms with van der Waals surface area (Å²) in [6.45, 7) is 0. The molecule has 0 aliphatic heterocycles. The zero-order chi connectivity index (χ0) is 3.98. The molecular weight excluding hydrogens is 72.1 g/mol. The van der Waals surface area contributed by atoms with Gasteiger partial charge < -0.3 is 0 Å². The molecule has 1 saturated carbocycles. The van der Waals surface area contributed by atoms with Crippen molar-refractivity contribution in [2.45, 2.75) is 6.42 Å². The van der Waals surface area contributed by atoms with Gasteiger partial charge in [0.05, 0.1) is 0 Å². The lowest BCUT2D eigenvalue weighted by molar-refractivity contribution is 1.17. The highest BCUT2D eigenvalue weighted by Gasteiger charge is 2.28. The number of allylic oxidation sites excluding steroid dienone is 4. The third kappa shape index (κ3) is 0.162. The minimum atomic E-state index is 0.894. The van der Waals surface area contributed by atoms with E-state index in [9.17, 15) is 0 Å². The maximum Gasteiger partial charge on any atom is 0.00208 e. The predicted octanol–water partition coefficient (Wildman–Crippen LogP) is 1.50. The van der Waals surface area contributed by atoms with E-state index in [1.54, 1.807) is 5.57 Å². The van der Waals surface area contributed by atoms with E-state index in [0.717, 1.165) is 5.92 Å². The van der Waals surface area contributed by atoms with Crippen molar-refractivity contribution in [1.29, 1.82) is 0 Å². The lowest BCUT2D eigenvalue weighted by Crippen LogP contribution is -1.50. The minimum Gasteiger partial charge on any atom is -0.0770 e. The zero-order valence-corrected chi connectivity index (χ0v) is 3.52. The van der Waals surface area contributed by atoms with Gasteiger partial charge in [0.25, 0.3) is 0 Å². The Morgan fingerprint density at radius 2 is 2.67 bits per heavy atom. The van der Waals surface area contributed by atoms with Crippen LogP contribution in [0.1, 0.15) is 6.42 Å².